The van der Waals surface area contributed by atoms with Gasteiger partial charge in [-0.25, -0.2) is 24.0 Å². The van der Waals surface area contributed by atoms with Crippen LogP contribution in [0.4, 0.5) is 19.2 Å². The Morgan fingerprint density at radius 2 is 0.972 bits per heavy atom. The first-order valence-electron chi connectivity index (χ1n) is 25.5. The monoisotopic (exact) mass is 987 g/mol. The van der Waals surface area contributed by atoms with Crippen molar-refractivity contribution in [3.05, 3.63) is 71.8 Å². The fraction of sp³-hybridized carbons (Fsp3) is 0.654. The average Bonchev–Trinajstić information content (AvgIpc) is 3.85. The fourth-order valence-electron chi connectivity index (χ4n) is 11.5. The molecule has 0 radical (unpaired) electrons. The van der Waals surface area contributed by atoms with Crippen molar-refractivity contribution in [3.63, 3.8) is 0 Å². The molecule has 2 aliphatic carbocycles. The highest BCUT2D eigenvalue weighted by Gasteiger charge is 2.51. The van der Waals surface area contributed by atoms with E-state index >= 15 is 0 Å². The third-order valence-electron chi connectivity index (χ3n) is 15.0. The molecule has 388 valence electrons. The molecule has 71 heavy (non-hydrogen) atoms. The number of hydrogen-bond donors (Lipinski definition) is 3. The summed E-state index contributed by atoms with van der Waals surface area (Å²) in [5.74, 6) is 0.344. The van der Waals surface area contributed by atoms with E-state index in [-0.39, 0.29) is 60.1 Å². The van der Waals surface area contributed by atoms with E-state index in [4.69, 9.17) is 30.0 Å². The number of likely N-dealkylation sites (tertiary alicyclic amines) is 2. The van der Waals surface area contributed by atoms with Gasteiger partial charge < -0.3 is 45.2 Å². The molecule has 8 fully saturated rings. The van der Waals surface area contributed by atoms with Gasteiger partial charge in [0, 0.05) is 51.4 Å². The van der Waals surface area contributed by atoms with Crippen molar-refractivity contribution >= 4 is 36.1 Å². The molecule has 2 saturated carbocycles. The lowest BCUT2D eigenvalue weighted by Crippen LogP contribution is -2.58. The van der Waals surface area contributed by atoms with Gasteiger partial charge in [0.05, 0.1) is 12.1 Å². The Morgan fingerprint density at radius 3 is 1.39 bits per heavy atom. The summed E-state index contributed by atoms with van der Waals surface area (Å²) in [6.07, 6.45) is 6.31. The molecule has 8 atom stereocenters. The molecule has 10 rings (SSSR count). The zero-order valence-corrected chi connectivity index (χ0v) is 42.2. The van der Waals surface area contributed by atoms with Crippen LogP contribution in [0.3, 0.4) is 0 Å². The number of aliphatic carboxylic acids is 1. The highest BCUT2D eigenvalue weighted by Crippen LogP contribution is 2.39. The minimum Gasteiger partial charge on any atom is -0.480 e. The summed E-state index contributed by atoms with van der Waals surface area (Å²) < 4.78 is 10.9. The predicted octanol–water partition coefficient (Wildman–Crippen LogP) is 6.21. The highest BCUT2D eigenvalue weighted by atomic mass is 16.7. The van der Waals surface area contributed by atoms with E-state index < -0.39 is 29.3 Å². The second-order valence-corrected chi connectivity index (χ2v) is 22.4. The molecule has 4 unspecified atom stereocenters. The highest BCUT2D eigenvalue weighted by molar-refractivity contribution is 5.89. The Kier molecular flexibility index (Phi) is 15.7. The largest absolute Gasteiger partial charge is 0.480 e. The number of nitrogens with one attached hydrogen (secondary N) is 1. The van der Waals surface area contributed by atoms with Crippen LogP contribution in [0.15, 0.2) is 60.7 Å². The van der Waals surface area contributed by atoms with Crippen LogP contribution in [0.5, 0.6) is 0 Å². The first-order chi connectivity index (χ1) is 33.7. The number of nitrogens with two attached hydrogens (primary N) is 1. The number of ether oxygens (including phenoxy) is 2. The average molecular weight is 987 g/mol. The van der Waals surface area contributed by atoms with Gasteiger partial charge in [-0.05, 0) is 128 Å². The Balaban J connectivity index is 0.000000158. The zero-order valence-electron chi connectivity index (χ0n) is 42.2. The first kappa shape index (κ1) is 51.7. The van der Waals surface area contributed by atoms with Crippen LogP contribution < -0.4 is 11.1 Å². The third-order valence-corrected chi connectivity index (χ3v) is 15.0. The second kappa shape index (κ2) is 21.6. The van der Waals surface area contributed by atoms with E-state index in [1.165, 1.54) is 15.0 Å². The van der Waals surface area contributed by atoms with E-state index in [0.29, 0.717) is 76.5 Å². The molecule has 0 spiro atoms. The predicted molar refractivity (Wildman–Crippen MR) is 260 cm³/mol. The van der Waals surface area contributed by atoms with Crippen LogP contribution >= 0.6 is 0 Å². The van der Waals surface area contributed by atoms with Crippen molar-refractivity contribution in [1.29, 1.82) is 0 Å². The molecule has 6 aliphatic heterocycles. The van der Waals surface area contributed by atoms with E-state index in [1.807, 2.05) is 107 Å². The van der Waals surface area contributed by atoms with Gasteiger partial charge in [0.2, 0.25) is 5.91 Å². The molecule has 19 nitrogen and oxygen atoms in total. The molecule has 2 aromatic carbocycles. The molecule has 19 heteroatoms. The van der Waals surface area contributed by atoms with Crippen molar-refractivity contribution in [1.82, 2.24) is 35.0 Å². The van der Waals surface area contributed by atoms with Crippen LogP contribution in [0.2, 0.25) is 0 Å². The van der Waals surface area contributed by atoms with Crippen molar-refractivity contribution in [2.75, 3.05) is 39.3 Å². The summed E-state index contributed by atoms with van der Waals surface area (Å²) in [4.78, 5) is 92.3. The maximum absolute atomic E-state index is 13.3. The minimum absolute atomic E-state index is 0.0245. The molecule has 0 aromatic heterocycles. The normalized spacial score (nSPS) is 29.5. The summed E-state index contributed by atoms with van der Waals surface area (Å²) in [6.45, 7) is 15.6. The van der Waals surface area contributed by atoms with Crippen molar-refractivity contribution in [2.24, 2.45) is 29.4 Å². The van der Waals surface area contributed by atoms with E-state index in [9.17, 15) is 28.8 Å². The summed E-state index contributed by atoms with van der Waals surface area (Å²) in [7, 11) is 0. The van der Waals surface area contributed by atoms with E-state index in [1.54, 1.807) is 9.80 Å². The number of urea groups is 2. The lowest BCUT2D eigenvalue weighted by atomic mass is 9.91. The van der Waals surface area contributed by atoms with Crippen LogP contribution in [0, 0.1) is 23.7 Å². The molecule has 2 aromatic rings. The molecule has 6 heterocycles. The molecular formula is C52H74N8O11. The Bertz CT molecular complexity index is 2200. The maximum Gasteiger partial charge on any atom is 0.410 e. The quantitative estimate of drug-likeness (QED) is 0.256. The number of hydroxylamine groups is 4. The molecular weight excluding hydrogens is 913 g/mol. The van der Waals surface area contributed by atoms with Gasteiger partial charge in [0.25, 0.3) is 0 Å². The van der Waals surface area contributed by atoms with E-state index in [0.717, 1.165) is 56.3 Å². The molecule has 7 amide bonds. The van der Waals surface area contributed by atoms with Gasteiger partial charge in [-0.3, -0.25) is 14.5 Å². The number of amides is 7. The first-order valence-corrected chi connectivity index (χ1v) is 25.5. The number of rotatable bonds is 9. The summed E-state index contributed by atoms with van der Waals surface area (Å²) in [6, 6.07) is 17.8. The number of benzene rings is 2. The summed E-state index contributed by atoms with van der Waals surface area (Å²) in [5.41, 5.74) is 7.14. The van der Waals surface area contributed by atoms with Crippen molar-refractivity contribution in [2.45, 2.75) is 154 Å². The number of carboxylic acids is 1. The third kappa shape index (κ3) is 12.3. The Hall–Kier alpha value is -5.66. The molecule has 6 saturated heterocycles. The summed E-state index contributed by atoms with van der Waals surface area (Å²) in [5, 5.41) is 15.2. The van der Waals surface area contributed by atoms with Gasteiger partial charge in [-0.2, -0.15) is 10.1 Å². The van der Waals surface area contributed by atoms with Crippen molar-refractivity contribution < 1.29 is 53.0 Å². The smallest absolute Gasteiger partial charge is 0.410 e. The lowest BCUT2D eigenvalue weighted by Gasteiger charge is -2.40. The number of hydrogen-bond acceptors (Lipinski definition) is 11. The second-order valence-electron chi connectivity index (χ2n) is 22.4. The van der Waals surface area contributed by atoms with E-state index in [2.05, 4.69) is 5.32 Å². The van der Waals surface area contributed by atoms with Crippen LogP contribution in [-0.2, 0) is 42.0 Å². The zero-order chi connectivity index (χ0) is 50.8. The molecule has 4 N–H and O–H groups in total. The lowest BCUT2D eigenvalue weighted by molar-refractivity contribution is -0.143. The van der Waals surface area contributed by atoms with Crippen LogP contribution in [0.25, 0.3) is 0 Å². The van der Waals surface area contributed by atoms with Gasteiger partial charge >= 0.3 is 30.2 Å². The maximum atomic E-state index is 13.3. The molecule has 8 aliphatic rings. The number of piperidine rings is 4. The number of carbonyl (C=O) groups is 6. The van der Waals surface area contributed by atoms with Gasteiger partial charge in [0.1, 0.15) is 36.5 Å². The number of carbonyl (C=O) groups excluding carboxylic acids is 5. The van der Waals surface area contributed by atoms with Crippen molar-refractivity contribution in [3.8, 4) is 0 Å². The summed E-state index contributed by atoms with van der Waals surface area (Å²) >= 11 is 0. The van der Waals surface area contributed by atoms with Gasteiger partial charge in [-0.1, -0.05) is 60.7 Å². The Labute approximate surface area is 417 Å². The molecule has 8 bridgehead atoms. The standard InChI is InChI=1S/C26H36N4O5.C14H16N2O4.C12H22N2O2/c1-26(2,3)35-25(33)28-13-18-9-10-19(14-28)22(18)27-23(31)21-12-11-20-15-29(21)24(32)30(20)34-16-17-7-5-4-6-8-17;17-13(18)12-7-6-11-8-15(12)14(19)16(11)20-9-10-4-2-1-3-5-10;1-12(2,3)16-11(15)14-6-8-4-5-9(7-14)10(8)13/h4-8,18-22H,9-16H2,1-3H3,(H,27,31);1-5,11-12H,6-9H2,(H,17,18);8-10H,4-7,13H2,1-3H3/t18?,19?,20-,21+,22?;11-,12+;/m11./s1. The number of fused-ring (bicyclic) bond motifs is 8. The number of carboxylic acid groups (broad SMARTS) is 1. The van der Waals surface area contributed by atoms with Crippen LogP contribution in [-0.4, -0.2) is 158 Å². The van der Waals surface area contributed by atoms with Gasteiger partial charge in [-0.15, -0.1) is 0 Å². The minimum atomic E-state index is -0.943. The fourth-order valence-corrected chi connectivity index (χ4v) is 11.5. The number of nitrogens with zero attached hydrogens (tertiary/aromatic N) is 6. The topological polar surface area (TPSA) is 217 Å². The van der Waals surface area contributed by atoms with Crippen LogP contribution in [0.1, 0.15) is 104 Å². The van der Waals surface area contributed by atoms with Gasteiger partial charge in [0.15, 0.2) is 0 Å². The Morgan fingerprint density at radius 1 is 0.577 bits per heavy atom. The SMILES string of the molecule is CC(C)(C)OC(=O)N1CC2CCC(C1)C2N.CC(C)(C)OC(=O)N1CC2CCC(C1)C2NC(=O)[C@@H]1CC[C@@H]2CN1C(=O)N2OCc1ccccc1.O=C(O)[C@@H]1CC[C@@H]2CN1C(=O)N2OCc1ccccc1.